The first-order chi connectivity index (χ1) is 7.09. The van der Waals surface area contributed by atoms with Gasteiger partial charge in [-0.3, -0.25) is 4.79 Å². The molecule has 2 aromatic rings. The third-order valence-corrected chi connectivity index (χ3v) is 3.50. The van der Waals surface area contributed by atoms with E-state index in [2.05, 4.69) is 25.8 Å². The molecular formula is C8H5BrN2O3S. The number of rotatable bonds is 1. The Hall–Kier alpha value is -1.21. The van der Waals surface area contributed by atoms with Crippen molar-refractivity contribution in [2.75, 3.05) is 0 Å². The topological polar surface area (TPSA) is 61.2 Å². The molecule has 0 radical (unpaired) electrons. The van der Waals surface area contributed by atoms with E-state index in [-0.39, 0.29) is 5.56 Å². The van der Waals surface area contributed by atoms with Crippen molar-refractivity contribution in [1.29, 1.82) is 0 Å². The van der Waals surface area contributed by atoms with Crippen molar-refractivity contribution in [2.24, 2.45) is 0 Å². The summed E-state index contributed by atoms with van der Waals surface area (Å²) in [7, 11) is 0. The summed E-state index contributed by atoms with van der Waals surface area (Å²) in [5.41, 5.74) is 0.194. The van der Waals surface area contributed by atoms with Crippen molar-refractivity contribution >= 4 is 43.5 Å². The molecule has 0 unspecified atom stereocenters. The number of aromatic nitrogens is 2. The quantitative estimate of drug-likeness (QED) is 0.791. The number of hydrogen-bond donors (Lipinski definition) is 0. The Balaban J connectivity index is 2.66. The summed E-state index contributed by atoms with van der Waals surface area (Å²) >= 11 is 4.52. The standard InChI is InChI=1S/C8H5BrN2O3S/c1-4(12)14-11-3-10-6-5(9)2-15-7(6)8(11)13/h2-3H,1H3. The Morgan fingerprint density at radius 1 is 1.67 bits per heavy atom. The van der Waals surface area contributed by atoms with Gasteiger partial charge in [0.1, 0.15) is 16.5 Å². The Morgan fingerprint density at radius 2 is 2.40 bits per heavy atom. The van der Waals surface area contributed by atoms with Gasteiger partial charge in [0.2, 0.25) is 0 Å². The van der Waals surface area contributed by atoms with Crippen LogP contribution >= 0.6 is 27.3 Å². The zero-order valence-electron chi connectivity index (χ0n) is 7.56. The molecule has 0 aromatic carbocycles. The van der Waals surface area contributed by atoms with Gasteiger partial charge in [-0.15, -0.1) is 16.1 Å². The molecule has 2 aromatic heterocycles. The van der Waals surface area contributed by atoms with Crippen LogP contribution in [0.2, 0.25) is 0 Å². The largest absolute Gasteiger partial charge is 0.332 e. The molecule has 2 heterocycles. The van der Waals surface area contributed by atoms with Gasteiger partial charge in [-0.05, 0) is 15.9 Å². The van der Waals surface area contributed by atoms with E-state index in [4.69, 9.17) is 0 Å². The highest BCUT2D eigenvalue weighted by Crippen LogP contribution is 2.25. The minimum Gasteiger partial charge on any atom is -0.332 e. The second kappa shape index (κ2) is 3.74. The lowest BCUT2D eigenvalue weighted by Gasteiger charge is -2.01. The van der Waals surface area contributed by atoms with Gasteiger partial charge in [-0.25, -0.2) is 9.78 Å². The van der Waals surface area contributed by atoms with Crippen molar-refractivity contribution in [1.82, 2.24) is 9.71 Å². The van der Waals surface area contributed by atoms with Gasteiger partial charge >= 0.3 is 11.5 Å². The molecule has 0 atom stereocenters. The second-order valence-electron chi connectivity index (χ2n) is 2.72. The number of halogens is 1. The van der Waals surface area contributed by atoms with Crippen molar-refractivity contribution in [2.45, 2.75) is 6.92 Å². The average Bonchev–Trinajstić information content (AvgIpc) is 2.53. The first kappa shape index (κ1) is 10.3. The number of carbonyl (C=O) groups is 1. The highest BCUT2D eigenvalue weighted by Gasteiger charge is 2.10. The summed E-state index contributed by atoms with van der Waals surface area (Å²) in [6, 6.07) is 0. The molecule has 78 valence electrons. The average molecular weight is 289 g/mol. The lowest BCUT2D eigenvalue weighted by atomic mass is 10.5. The van der Waals surface area contributed by atoms with Gasteiger partial charge in [0.15, 0.2) is 0 Å². The van der Waals surface area contributed by atoms with Gasteiger partial charge in [0.25, 0.3) is 0 Å². The van der Waals surface area contributed by atoms with E-state index >= 15 is 0 Å². The first-order valence-electron chi connectivity index (χ1n) is 3.93. The van der Waals surface area contributed by atoms with E-state index in [9.17, 15) is 9.59 Å². The molecule has 0 fully saturated rings. The fraction of sp³-hybridized carbons (Fsp3) is 0.125. The molecular weight excluding hydrogens is 284 g/mol. The third-order valence-electron chi connectivity index (χ3n) is 1.63. The number of hydrogen-bond acceptors (Lipinski definition) is 5. The predicted molar refractivity (Wildman–Crippen MR) is 58.8 cm³/mol. The molecule has 0 amide bonds. The maximum absolute atomic E-state index is 11.7. The zero-order chi connectivity index (χ0) is 11.0. The fourth-order valence-electron chi connectivity index (χ4n) is 1.07. The molecule has 5 nitrogen and oxygen atoms in total. The molecule has 0 saturated carbocycles. The van der Waals surface area contributed by atoms with Crippen molar-refractivity contribution in [3.63, 3.8) is 0 Å². The normalized spacial score (nSPS) is 10.5. The molecule has 0 bridgehead atoms. The summed E-state index contributed by atoms with van der Waals surface area (Å²) in [5.74, 6) is -0.561. The van der Waals surface area contributed by atoms with E-state index in [1.54, 1.807) is 5.38 Å². The number of fused-ring (bicyclic) bond motifs is 1. The predicted octanol–water partition coefficient (Wildman–Crippen LogP) is 1.20. The van der Waals surface area contributed by atoms with Crippen LogP contribution in [0.5, 0.6) is 0 Å². The molecule has 0 aliphatic carbocycles. The SMILES string of the molecule is CC(=O)On1cnc2c(Br)csc2c1=O. The van der Waals surface area contributed by atoms with Crippen LogP contribution < -0.4 is 10.4 Å². The molecule has 0 spiro atoms. The van der Waals surface area contributed by atoms with Crippen LogP contribution in [0.15, 0.2) is 21.0 Å². The summed E-state index contributed by atoms with van der Waals surface area (Å²) < 4.78 is 2.04. The van der Waals surface area contributed by atoms with E-state index in [0.717, 1.165) is 9.20 Å². The van der Waals surface area contributed by atoms with Gasteiger partial charge in [-0.1, -0.05) is 0 Å². The first-order valence-corrected chi connectivity index (χ1v) is 5.60. The highest BCUT2D eigenvalue weighted by atomic mass is 79.9. The van der Waals surface area contributed by atoms with Crippen molar-refractivity contribution in [3.8, 4) is 0 Å². The Bertz CT molecular complexity index is 589. The Morgan fingerprint density at radius 3 is 3.07 bits per heavy atom. The van der Waals surface area contributed by atoms with Crippen LogP contribution in [-0.2, 0) is 4.79 Å². The monoisotopic (exact) mass is 288 g/mol. The van der Waals surface area contributed by atoms with Crippen LogP contribution in [0.3, 0.4) is 0 Å². The van der Waals surface area contributed by atoms with E-state index in [1.165, 1.54) is 24.6 Å². The Labute approximate surface area is 96.4 Å². The van der Waals surface area contributed by atoms with E-state index in [0.29, 0.717) is 10.2 Å². The third kappa shape index (κ3) is 1.80. The van der Waals surface area contributed by atoms with Crippen LogP contribution in [0.4, 0.5) is 0 Å². The number of nitrogens with zero attached hydrogens (tertiary/aromatic N) is 2. The van der Waals surface area contributed by atoms with Gasteiger partial charge in [0, 0.05) is 12.3 Å². The van der Waals surface area contributed by atoms with E-state index < -0.39 is 5.97 Å². The van der Waals surface area contributed by atoms with E-state index in [1.807, 2.05) is 0 Å². The lowest BCUT2D eigenvalue weighted by molar-refractivity contribution is -0.142. The minimum absolute atomic E-state index is 0.383. The maximum atomic E-state index is 11.7. The van der Waals surface area contributed by atoms with Gasteiger partial charge in [-0.2, -0.15) is 0 Å². The molecule has 2 rings (SSSR count). The van der Waals surface area contributed by atoms with Crippen molar-refractivity contribution < 1.29 is 9.63 Å². The second-order valence-corrected chi connectivity index (χ2v) is 4.45. The summed E-state index contributed by atoms with van der Waals surface area (Å²) in [6.07, 6.45) is 1.18. The highest BCUT2D eigenvalue weighted by molar-refractivity contribution is 9.10. The van der Waals surface area contributed by atoms with Crippen molar-refractivity contribution in [3.05, 3.63) is 26.5 Å². The maximum Gasteiger partial charge on any atom is 0.330 e. The number of thiophene rings is 1. The fourth-order valence-corrected chi connectivity index (χ4v) is 2.58. The molecule has 0 N–H and O–H groups in total. The molecule has 7 heteroatoms. The van der Waals surface area contributed by atoms with Crippen LogP contribution in [0.25, 0.3) is 10.2 Å². The Kier molecular flexibility index (Phi) is 2.57. The lowest BCUT2D eigenvalue weighted by Crippen LogP contribution is -2.29. The number of carbonyl (C=O) groups excluding carboxylic acids is 1. The van der Waals surface area contributed by atoms with Crippen LogP contribution in [-0.4, -0.2) is 15.7 Å². The van der Waals surface area contributed by atoms with Gasteiger partial charge < -0.3 is 4.84 Å². The van der Waals surface area contributed by atoms with Crippen LogP contribution in [0.1, 0.15) is 6.92 Å². The van der Waals surface area contributed by atoms with Crippen LogP contribution in [0, 0.1) is 0 Å². The van der Waals surface area contributed by atoms with Gasteiger partial charge in [0.05, 0.1) is 4.47 Å². The summed E-state index contributed by atoms with van der Waals surface area (Å²) in [5, 5.41) is 1.76. The molecule has 0 aliphatic rings. The summed E-state index contributed by atoms with van der Waals surface area (Å²) in [4.78, 5) is 31.1. The minimum atomic E-state index is -0.561. The zero-order valence-corrected chi connectivity index (χ0v) is 9.96. The smallest absolute Gasteiger partial charge is 0.330 e. The molecule has 0 aliphatic heterocycles. The molecule has 15 heavy (non-hydrogen) atoms. The summed E-state index contributed by atoms with van der Waals surface area (Å²) in [6.45, 7) is 1.22. The molecule has 0 saturated heterocycles.